The fourth-order valence-electron chi connectivity index (χ4n) is 4.52. The summed E-state index contributed by atoms with van der Waals surface area (Å²) in [4.78, 5) is 27.0. The number of aromatic nitrogens is 4. The second kappa shape index (κ2) is 10.7. The molecule has 4 N–H and O–H groups in total. The lowest BCUT2D eigenvalue weighted by Crippen LogP contribution is -2.40. The van der Waals surface area contributed by atoms with Crippen LogP contribution in [-0.2, 0) is 4.74 Å². The number of nitrogens with zero attached hydrogens (tertiary/aromatic N) is 5. The maximum atomic E-state index is 13.0. The molecule has 0 bridgehead atoms. The molecule has 37 heavy (non-hydrogen) atoms. The summed E-state index contributed by atoms with van der Waals surface area (Å²) in [5.41, 5.74) is 6.94. The Bertz CT molecular complexity index is 1330. The summed E-state index contributed by atoms with van der Waals surface area (Å²) in [6.07, 6.45) is 1.53. The highest BCUT2D eigenvalue weighted by Gasteiger charge is 2.35. The minimum Gasteiger partial charge on any atom is -0.410 e. The maximum Gasteiger partial charge on any atom is 0.415 e. The van der Waals surface area contributed by atoms with Gasteiger partial charge >= 0.3 is 6.09 Å². The van der Waals surface area contributed by atoms with Crippen LogP contribution in [0.2, 0.25) is 0 Å². The van der Waals surface area contributed by atoms with E-state index in [2.05, 4.69) is 26.8 Å². The largest absolute Gasteiger partial charge is 0.415 e. The number of nitrogen functional groups attached to an aromatic ring is 1. The number of anilines is 1. The number of amides is 1. The van der Waals surface area contributed by atoms with Gasteiger partial charge in [-0.3, -0.25) is 4.57 Å². The molecule has 1 unspecified atom stereocenters. The summed E-state index contributed by atoms with van der Waals surface area (Å²) in [7, 11) is 0. The van der Waals surface area contributed by atoms with E-state index >= 15 is 0 Å². The van der Waals surface area contributed by atoms with Crippen molar-refractivity contribution < 1.29 is 28.9 Å². The molecule has 0 aliphatic carbocycles. The van der Waals surface area contributed by atoms with Crippen molar-refractivity contribution in [1.29, 1.82) is 0 Å². The van der Waals surface area contributed by atoms with Gasteiger partial charge < -0.3 is 30.3 Å². The van der Waals surface area contributed by atoms with Crippen LogP contribution in [-0.4, -0.2) is 72.6 Å². The number of aliphatic hydroxyl groups is 2. The molecule has 2 saturated heterocycles. The van der Waals surface area contributed by atoms with E-state index < -0.39 is 24.5 Å². The summed E-state index contributed by atoms with van der Waals surface area (Å²) in [6.45, 7) is 0.804. The predicted molar refractivity (Wildman–Crippen MR) is 130 cm³/mol. The first kappa shape index (κ1) is 24.9. The molecule has 0 spiro atoms. The Balaban J connectivity index is 1.18. The van der Waals surface area contributed by atoms with Gasteiger partial charge in [0.25, 0.3) is 0 Å². The van der Waals surface area contributed by atoms with Gasteiger partial charge in [0.05, 0.1) is 19.0 Å². The lowest BCUT2D eigenvalue weighted by Gasteiger charge is -2.30. The monoisotopic (exact) mass is 510 g/mol. The van der Waals surface area contributed by atoms with Crippen LogP contribution in [0, 0.1) is 23.6 Å². The molecule has 11 nitrogen and oxygen atoms in total. The van der Waals surface area contributed by atoms with Gasteiger partial charge in [-0.15, -0.1) is 0 Å². The summed E-state index contributed by atoms with van der Waals surface area (Å²) < 4.78 is 25.7. The Hall–Kier alpha value is -3.79. The molecule has 0 saturated carbocycles. The number of hydrogen-bond donors (Lipinski definition) is 3. The fourth-order valence-corrected chi connectivity index (χ4v) is 4.52. The molecular weight excluding hydrogens is 483 g/mol. The Kier molecular flexibility index (Phi) is 7.18. The van der Waals surface area contributed by atoms with Gasteiger partial charge in [-0.05, 0) is 48.9 Å². The molecule has 3 atom stereocenters. The average Bonchev–Trinajstić information content (AvgIpc) is 3.49. The molecule has 1 amide bonds. The van der Waals surface area contributed by atoms with Gasteiger partial charge in [0, 0.05) is 25.9 Å². The SMILES string of the molecule is Nc1nc(C#CCC2CCN(C(=O)Oc3ccc(F)cc3)CC2)nc2c1ncn2[C@H]1CC(O)[C@@H](CO)O1. The quantitative estimate of drug-likeness (QED) is 0.447. The molecule has 3 aromatic rings. The molecule has 12 heteroatoms. The molecule has 2 aromatic heterocycles. The van der Waals surface area contributed by atoms with Gasteiger partial charge in [-0.2, -0.15) is 0 Å². The zero-order valence-electron chi connectivity index (χ0n) is 20.0. The molecule has 194 valence electrons. The summed E-state index contributed by atoms with van der Waals surface area (Å²) >= 11 is 0. The van der Waals surface area contributed by atoms with Crippen LogP contribution in [0.25, 0.3) is 11.2 Å². The normalized spacial score (nSPS) is 22.1. The number of ether oxygens (including phenoxy) is 2. The number of hydrogen-bond acceptors (Lipinski definition) is 9. The number of piperidine rings is 1. The van der Waals surface area contributed by atoms with Crippen molar-refractivity contribution in [2.24, 2.45) is 5.92 Å². The van der Waals surface area contributed by atoms with E-state index in [1.807, 2.05) is 0 Å². The number of imidazole rings is 1. The number of carbonyl (C=O) groups is 1. The minimum atomic E-state index is -0.790. The van der Waals surface area contributed by atoms with Gasteiger partial charge in [-0.25, -0.2) is 24.1 Å². The van der Waals surface area contributed by atoms with Crippen molar-refractivity contribution in [2.75, 3.05) is 25.4 Å². The number of halogens is 1. The molecular formula is C25H27FN6O5. The molecule has 2 aliphatic heterocycles. The first-order valence-corrected chi connectivity index (χ1v) is 12.1. The number of carbonyl (C=O) groups excluding carboxylic acids is 1. The van der Waals surface area contributed by atoms with Crippen LogP contribution >= 0.6 is 0 Å². The van der Waals surface area contributed by atoms with E-state index in [1.165, 1.54) is 30.6 Å². The number of fused-ring (bicyclic) bond motifs is 1. The lowest BCUT2D eigenvalue weighted by molar-refractivity contribution is -0.0432. The Morgan fingerprint density at radius 3 is 2.70 bits per heavy atom. The van der Waals surface area contributed by atoms with Crippen molar-refractivity contribution >= 4 is 23.1 Å². The van der Waals surface area contributed by atoms with E-state index in [4.69, 9.17) is 15.2 Å². The van der Waals surface area contributed by atoms with Crippen LogP contribution in [0.1, 0.15) is 37.7 Å². The summed E-state index contributed by atoms with van der Waals surface area (Å²) in [5, 5.41) is 19.4. The average molecular weight is 511 g/mol. The molecule has 2 fully saturated rings. The van der Waals surface area contributed by atoms with Crippen LogP contribution < -0.4 is 10.5 Å². The zero-order chi connectivity index (χ0) is 25.9. The van der Waals surface area contributed by atoms with Crippen molar-refractivity contribution in [2.45, 2.75) is 44.1 Å². The van der Waals surface area contributed by atoms with Crippen molar-refractivity contribution in [3.63, 3.8) is 0 Å². The molecule has 1 aromatic carbocycles. The van der Waals surface area contributed by atoms with E-state index in [9.17, 15) is 19.4 Å². The van der Waals surface area contributed by atoms with Gasteiger partial charge in [0.15, 0.2) is 11.5 Å². The van der Waals surface area contributed by atoms with E-state index in [-0.39, 0.29) is 30.5 Å². The summed E-state index contributed by atoms with van der Waals surface area (Å²) in [5.74, 6) is 6.76. The van der Waals surface area contributed by atoms with Crippen molar-refractivity contribution in [3.8, 4) is 17.6 Å². The van der Waals surface area contributed by atoms with Crippen molar-refractivity contribution in [3.05, 3.63) is 42.2 Å². The molecule has 4 heterocycles. The predicted octanol–water partition coefficient (Wildman–Crippen LogP) is 1.84. The third-order valence-corrected chi connectivity index (χ3v) is 6.63. The maximum absolute atomic E-state index is 13.0. The lowest BCUT2D eigenvalue weighted by atomic mass is 9.94. The highest BCUT2D eigenvalue weighted by Crippen LogP contribution is 2.31. The standard InChI is InChI=1S/C25H27FN6O5/c26-16-4-6-17(7-5-16)36-25(35)31-10-8-15(9-11-31)2-1-3-20-29-23(27)22-24(30-20)32(14-28-22)21-12-18(34)19(13-33)37-21/h4-7,14-15,18-19,21,33-34H,2,8-13H2,(H2,27,29,30)/t18?,19-,21-/m1/s1. The van der Waals surface area contributed by atoms with E-state index in [0.717, 1.165) is 12.8 Å². The molecule has 2 aliphatic rings. The molecule has 5 rings (SSSR count). The van der Waals surface area contributed by atoms with Crippen LogP contribution in [0.4, 0.5) is 15.0 Å². The second-order valence-corrected chi connectivity index (χ2v) is 9.13. The zero-order valence-corrected chi connectivity index (χ0v) is 20.0. The smallest absolute Gasteiger partial charge is 0.410 e. The van der Waals surface area contributed by atoms with Crippen LogP contribution in [0.5, 0.6) is 5.75 Å². The summed E-state index contributed by atoms with van der Waals surface area (Å²) in [6, 6.07) is 5.33. The van der Waals surface area contributed by atoms with Gasteiger partial charge in [-0.1, -0.05) is 5.92 Å². The van der Waals surface area contributed by atoms with Gasteiger partial charge in [0.1, 0.15) is 29.4 Å². The van der Waals surface area contributed by atoms with Crippen LogP contribution in [0.15, 0.2) is 30.6 Å². The Morgan fingerprint density at radius 2 is 2.00 bits per heavy atom. The number of likely N-dealkylation sites (tertiary alicyclic amines) is 1. The highest BCUT2D eigenvalue weighted by molar-refractivity contribution is 5.82. The number of nitrogens with two attached hydrogens (primary N) is 1. The topological polar surface area (TPSA) is 149 Å². The minimum absolute atomic E-state index is 0.193. The second-order valence-electron chi connectivity index (χ2n) is 9.13. The van der Waals surface area contributed by atoms with E-state index in [1.54, 1.807) is 9.47 Å². The van der Waals surface area contributed by atoms with E-state index in [0.29, 0.717) is 42.3 Å². The number of aliphatic hydroxyl groups excluding tert-OH is 2. The third-order valence-electron chi connectivity index (χ3n) is 6.63. The fraction of sp³-hybridized carbons (Fsp3) is 0.440. The van der Waals surface area contributed by atoms with Gasteiger partial charge in [0.2, 0.25) is 5.82 Å². The number of rotatable bonds is 4. The first-order chi connectivity index (χ1) is 17.9. The first-order valence-electron chi connectivity index (χ1n) is 12.1. The van der Waals surface area contributed by atoms with Crippen LogP contribution in [0.3, 0.4) is 0 Å². The third kappa shape index (κ3) is 5.48. The number of benzene rings is 1. The van der Waals surface area contributed by atoms with Crippen molar-refractivity contribution in [1.82, 2.24) is 24.4 Å². The highest BCUT2D eigenvalue weighted by atomic mass is 19.1. The Labute approximate surface area is 212 Å². The Morgan fingerprint density at radius 1 is 1.24 bits per heavy atom. The molecule has 0 radical (unpaired) electrons.